The molecule has 6 heteroatoms. The van der Waals surface area contributed by atoms with Gasteiger partial charge in [0.25, 0.3) is 5.91 Å². The van der Waals surface area contributed by atoms with E-state index in [1.54, 1.807) is 15.9 Å². The average Bonchev–Trinajstić information content (AvgIpc) is 2.72. The Morgan fingerprint density at radius 3 is 2.30 bits per heavy atom. The first-order valence-corrected chi connectivity index (χ1v) is 9.03. The van der Waals surface area contributed by atoms with Gasteiger partial charge >= 0.3 is 0 Å². The van der Waals surface area contributed by atoms with Gasteiger partial charge in [0.2, 0.25) is 5.91 Å². The maximum Gasteiger partial charge on any atom is 0.254 e. The molecule has 0 atom stereocenters. The lowest BCUT2D eigenvalue weighted by Gasteiger charge is -2.35. The summed E-state index contributed by atoms with van der Waals surface area (Å²) in [7, 11) is 1.38. The molecule has 0 spiro atoms. The Balaban J connectivity index is 1.51. The lowest BCUT2D eigenvalue weighted by molar-refractivity contribution is -0.132. The van der Waals surface area contributed by atoms with E-state index < -0.39 is 5.82 Å². The van der Waals surface area contributed by atoms with Crippen LogP contribution < -0.4 is 4.74 Å². The van der Waals surface area contributed by atoms with Crippen LogP contribution in [0.5, 0.6) is 5.75 Å². The van der Waals surface area contributed by atoms with Crippen molar-refractivity contribution < 1.29 is 18.7 Å². The highest BCUT2D eigenvalue weighted by Gasteiger charge is 2.25. The Labute approximate surface area is 158 Å². The molecule has 1 fully saturated rings. The lowest BCUT2D eigenvalue weighted by Crippen LogP contribution is -2.50. The Kier molecular flexibility index (Phi) is 6.06. The molecule has 2 aromatic rings. The number of halogens is 1. The number of amides is 2. The van der Waals surface area contributed by atoms with Crippen LogP contribution in [0.25, 0.3) is 0 Å². The Morgan fingerprint density at radius 1 is 1.00 bits per heavy atom. The van der Waals surface area contributed by atoms with E-state index in [0.29, 0.717) is 39.0 Å². The predicted octanol–water partition coefficient (Wildman–Crippen LogP) is 2.75. The molecule has 27 heavy (non-hydrogen) atoms. The van der Waals surface area contributed by atoms with Crippen LogP contribution in [0.1, 0.15) is 22.3 Å². The van der Waals surface area contributed by atoms with E-state index in [1.807, 2.05) is 30.3 Å². The van der Waals surface area contributed by atoms with Crippen LogP contribution in [0.15, 0.2) is 48.5 Å². The summed E-state index contributed by atoms with van der Waals surface area (Å²) in [4.78, 5) is 28.4. The monoisotopic (exact) mass is 370 g/mol. The molecular weight excluding hydrogens is 347 g/mol. The third-order valence-electron chi connectivity index (χ3n) is 4.79. The zero-order valence-electron chi connectivity index (χ0n) is 15.4. The third-order valence-corrected chi connectivity index (χ3v) is 4.79. The van der Waals surface area contributed by atoms with Gasteiger partial charge in [-0.2, -0.15) is 0 Å². The highest BCUT2D eigenvalue weighted by molar-refractivity contribution is 5.94. The van der Waals surface area contributed by atoms with Gasteiger partial charge in [0.15, 0.2) is 11.6 Å². The second-order valence-corrected chi connectivity index (χ2v) is 6.51. The van der Waals surface area contributed by atoms with Gasteiger partial charge in [-0.3, -0.25) is 9.59 Å². The maximum absolute atomic E-state index is 13.8. The number of aryl methyl sites for hydroxylation is 1. The summed E-state index contributed by atoms with van der Waals surface area (Å²) < 4.78 is 18.7. The van der Waals surface area contributed by atoms with Crippen LogP contribution in [-0.2, 0) is 11.2 Å². The fourth-order valence-electron chi connectivity index (χ4n) is 3.19. The first-order chi connectivity index (χ1) is 13.1. The molecule has 142 valence electrons. The zero-order valence-corrected chi connectivity index (χ0v) is 15.4. The molecule has 0 aliphatic carbocycles. The van der Waals surface area contributed by atoms with Crippen LogP contribution in [0, 0.1) is 5.82 Å². The number of piperazine rings is 1. The highest BCUT2D eigenvalue weighted by atomic mass is 19.1. The minimum Gasteiger partial charge on any atom is -0.494 e. The third kappa shape index (κ3) is 4.64. The van der Waals surface area contributed by atoms with E-state index >= 15 is 0 Å². The summed E-state index contributed by atoms with van der Waals surface area (Å²) >= 11 is 0. The van der Waals surface area contributed by atoms with Gasteiger partial charge in [-0.15, -0.1) is 0 Å². The molecule has 2 aromatic carbocycles. The van der Waals surface area contributed by atoms with Gasteiger partial charge < -0.3 is 14.5 Å². The van der Waals surface area contributed by atoms with Crippen molar-refractivity contribution in [1.29, 1.82) is 0 Å². The molecule has 1 saturated heterocycles. The summed E-state index contributed by atoms with van der Waals surface area (Å²) in [6.45, 7) is 1.89. The van der Waals surface area contributed by atoms with Crippen LogP contribution in [0.2, 0.25) is 0 Å². The minimum absolute atomic E-state index is 0.0986. The van der Waals surface area contributed by atoms with Gasteiger partial charge in [0, 0.05) is 38.2 Å². The van der Waals surface area contributed by atoms with Crippen molar-refractivity contribution in [3.63, 3.8) is 0 Å². The van der Waals surface area contributed by atoms with Crippen molar-refractivity contribution >= 4 is 11.8 Å². The second-order valence-electron chi connectivity index (χ2n) is 6.51. The summed E-state index contributed by atoms with van der Waals surface area (Å²) in [5.74, 6) is -0.576. The molecule has 0 aromatic heterocycles. The number of ether oxygens (including phenoxy) is 1. The Bertz CT molecular complexity index is 802. The average molecular weight is 370 g/mol. The number of hydrogen-bond acceptors (Lipinski definition) is 3. The van der Waals surface area contributed by atoms with Crippen LogP contribution >= 0.6 is 0 Å². The summed E-state index contributed by atoms with van der Waals surface area (Å²) in [5, 5.41) is 0. The highest BCUT2D eigenvalue weighted by Crippen LogP contribution is 2.19. The summed E-state index contributed by atoms with van der Waals surface area (Å²) in [6, 6.07) is 14.1. The molecule has 5 nitrogen and oxygen atoms in total. The lowest BCUT2D eigenvalue weighted by atomic mass is 10.1. The van der Waals surface area contributed by atoms with E-state index in [4.69, 9.17) is 4.74 Å². The van der Waals surface area contributed by atoms with Crippen LogP contribution in [0.4, 0.5) is 4.39 Å². The number of nitrogens with zero attached hydrogens (tertiary/aromatic N) is 2. The van der Waals surface area contributed by atoms with Crippen molar-refractivity contribution in [2.24, 2.45) is 0 Å². The largest absolute Gasteiger partial charge is 0.494 e. The predicted molar refractivity (Wildman–Crippen MR) is 100 cm³/mol. The number of rotatable bonds is 5. The molecule has 2 amide bonds. The molecule has 0 unspecified atom stereocenters. The SMILES string of the molecule is COc1ccc(C(=O)N2CCN(C(=O)CCc3ccccc3)CC2)cc1F. The quantitative estimate of drug-likeness (QED) is 0.813. The number of benzene rings is 2. The fraction of sp³-hybridized carbons (Fsp3) is 0.333. The van der Waals surface area contributed by atoms with Crippen molar-refractivity contribution in [3.8, 4) is 5.75 Å². The molecule has 0 N–H and O–H groups in total. The molecule has 1 aliphatic rings. The smallest absolute Gasteiger partial charge is 0.254 e. The fourth-order valence-corrected chi connectivity index (χ4v) is 3.19. The van der Waals surface area contributed by atoms with Crippen molar-refractivity contribution in [1.82, 2.24) is 9.80 Å². The second kappa shape index (κ2) is 8.66. The van der Waals surface area contributed by atoms with Crippen LogP contribution in [-0.4, -0.2) is 54.9 Å². The zero-order chi connectivity index (χ0) is 19.2. The van der Waals surface area contributed by atoms with Crippen molar-refractivity contribution in [3.05, 3.63) is 65.5 Å². The Hall–Kier alpha value is -2.89. The first kappa shape index (κ1) is 18.9. The van der Waals surface area contributed by atoms with Crippen molar-refractivity contribution in [2.75, 3.05) is 33.3 Å². The molecule has 0 bridgehead atoms. The van der Waals surface area contributed by atoms with E-state index in [-0.39, 0.29) is 23.1 Å². The van der Waals surface area contributed by atoms with Gasteiger partial charge in [-0.05, 0) is 30.2 Å². The topological polar surface area (TPSA) is 49.9 Å². The van der Waals surface area contributed by atoms with Gasteiger partial charge in [-0.25, -0.2) is 4.39 Å². The molecule has 0 radical (unpaired) electrons. The number of carbonyl (C=O) groups excluding carboxylic acids is 2. The first-order valence-electron chi connectivity index (χ1n) is 9.03. The number of methoxy groups -OCH3 is 1. The molecule has 1 aliphatic heterocycles. The van der Waals surface area contributed by atoms with E-state index in [0.717, 1.165) is 5.56 Å². The Morgan fingerprint density at radius 2 is 1.67 bits per heavy atom. The molecule has 3 rings (SSSR count). The maximum atomic E-state index is 13.8. The number of carbonyl (C=O) groups is 2. The standard InChI is InChI=1S/C21H23FN2O3/c1-27-19-9-8-17(15-18(19)22)21(26)24-13-11-23(12-14-24)20(25)10-7-16-5-3-2-4-6-16/h2-6,8-9,15H,7,10-14H2,1H3. The van der Waals surface area contributed by atoms with Gasteiger partial charge in [0.05, 0.1) is 7.11 Å². The minimum atomic E-state index is -0.557. The normalized spacial score (nSPS) is 14.1. The van der Waals surface area contributed by atoms with Gasteiger partial charge in [-0.1, -0.05) is 30.3 Å². The molecule has 0 saturated carbocycles. The van der Waals surface area contributed by atoms with Gasteiger partial charge in [0.1, 0.15) is 0 Å². The summed E-state index contributed by atoms with van der Waals surface area (Å²) in [5.41, 5.74) is 1.43. The van der Waals surface area contributed by atoms with E-state index in [2.05, 4.69) is 0 Å². The summed E-state index contributed by atoms with van der Waals surface area (Å²) in [6.07, 6.45) is 1.17. The van der Waals surface area contributed by atoms with E-state index in [1.165, 1.54) is 19.2 Å². The van der Waals surface area contributed by atoms with E-state index in [9.17, 15) is 14.0 Å². The molecular formula is C21H23FN2O3. The molecule has 1 heterocycles. The van der Waals surface area contributed by atoms with Crippen molar-refractivity contribution in [2.45, 2.75) is 12.8 Å². The van der Waals surface area contributed by atoms with Crippen LogP contribution in [0.3, 0.4) is 0 Å². The number of hydrogen-bond donors (Lipinski definition) is 0.